The van der Waals surface area contributed by atoms with E-state index in [1.165, 1.54) is 11.3 Å². The number of aliphatic hydroxyl groups is 1. The molecule has 1 unspecified atom stereocenters. The molecule has 0 aromatic carbocycles. The Kier molecular flexibility index (Phi) is 3.09. The average molecular weight is 307 g/mol. The van der Waals surface area contributed by atoms with Crippen LogP contribution in [0.25, 0.3) is 0 Å². The van der Waals surface area contributed by atoms with Gasteiger partial charge in [0.1, 0.15) is 10.4 Å². The maximum atomic E-state index is 10.1. The Morgan fingerprint density at radius 3 is 2.67 bits per heavy atom. The molecular formula is C10H9BrClNOS. The van der Waals surface area contributed by atoms with Gasteiger partial charge >= 0.3 is 0 Å². The van der Waals surface area contributed by atoms with Gasteiger partial charge in [0.15, 0.2) is 0 Å². The van der Waals surface area contributed by atoms with Crippen LogP contribution in [0.15, 0.2) is 10.5 Å². The normalized spacial score (nSPS) is 20.4. The predicted octanol–water partition coefficient (Wildman–Crippen LogP) is 3.89. The van der Waals surface area contributed by atoms with E-state index in [0.717, 1.165) is 28.6 Å². The number of rotatable bonds is 2. The molecule has 1 aliphatic carbocycles. The fourth-order valence-corrected chi connectivity index (χ4v) is 3.61. The van der Waals surface area contributed by atoms with Gasteiger partial charge in [0.25, 0.3) is 0 Å². The van der Waals surface area contributed by atoms with Gasteiger partial charge in [0, 0.05) is 9.35 Å². The van der Waals surface area contributed by atoms with E-state index in [9.17, 15) is 5.11 Å². The number of halogens is 2. The average Bonchev–Trinajstić information content (AvgIpc) is 2.46. The molecule has 80 valence electrons. The van der Waals surface area contributed by atoms with Crippen molar-refractivity contribution in [1.82, 2.24) is 0 Å². The first-order valence-electron chi connectivity index (χ1n) is 4.63. The highest BCUT2D eigenvalue weighted by atomic mass is 79.9. The van der Waals surface area contributed by atoms with E-state index >= 15 is 0 Å². The molecule has 15 heavy (non-hydrogen) atoms. The smallest absolute Gasteiger partial charge is 0.107 e. The SMILES string of the molecule is N#CC1(C(O)c2cc(Br)c(Cl)s2)CCC1. The quantitative estimate of drug-likeness (QED) is 0.901. The van der Waals surface area contributed by atoms with Gasteiger partial charge in [-0.1, -0.05) is 18.0 Å². The van der Waals surface area contributed by atoms with Crippen LogP contribution in [0.2, 0.25) is 4.34 Å². The Bertz CT molecular complexity index is 402. The van der Waals surface area contributed by atoms with Gasteiger partial charge in [-0.2, -0.15) is 5.26 Å². The number of aliphatic hydroxyl groups excluding tert-OH is 1. The summed E-state index contributed by atoms with van der Waals surface area (Å²) >= 11 is 10.5. The Labute approximate surface area is 106 Å². The Morgan fingerprint density at radius 2 is 2.33 bits per heavy atom. The third kappa shape index (κ3) is 1.83. The molecule has 0 amide bonds. The first-order chi connectivity index (χ1) is 7.09. The van der Waals surface area contributed by atoms with Gasteiger partial charge in [-0.05, 0) is 34.8 Å². The number of thiophene rings is 1. The van der Waals surface area contributed by atoms with Gasteiger partial charge in [0.2, 0.25) is 0 Å². The molecule has 2 nitrogen and oxygen atoms in total. The number of nitrogens with zero attached hydrogens (tertiary/aromatic N) is 1. The summed E-state index contributed by atoms with van der Waals surface area (Å²) in [6.07, 6.45) is 1.87. The molecule has 1 aromatic rings. The second-order valence-electron chi connectivity index (χ2n) is 3.79. The molecule has 1 heterocycles. The van der Waals surface area contributed by atoms with Crippen molar-refractivity contribution >= 4 is 38.9 Å². The highest BCUT2D eigenvalue weighted by Gasteiger charge is 2.45. The molecular weight excluding hydrogens is 298 g/mol. The minimum atomic E-state index is -0.704. The largest absolute Gasteiger partial charge is 0.386 e. The third-order valence-corrected chi connectivity index (χ3v) is 5.45. The van der Waals surface area contributed by atoms with Crippen LogP contribution in [-0.4, -0.2) is 5.11 Å². The van der Waals surface area contributed by atoms with Crippen LogP contribution in [0.1, 0.15) is 30.2 Å². The second kappa shape index (κ2) is 4.06. The van der Waals surface area contributed by atoms with Crippen LogP contribution >= 0.6 is 38.9 Å². The first kappa shape index (κ1) is 11.4. The van der Waals surface area contributed by atoms with Gasteiger partial charge in [-0.3, -0.25) is 0 Å². The highest BCUT2D eigenvalue weighted by Crippen LogP contribution is 2.52. The highest BCUT2D eigenvalue weighted by molar-refractivity contribution is 9.10. The number of hydrogen-bond donors (Lipinski definition) is 1. The summed E-state index contributed by atoms with van der Waals surface area (Å²) in [6.45, 7) is 0. The van der Waals surface area contributed by atoms with Crippen molar-refractivity contribution in [2.75, 3.05) is 0 Å². The van der Waals surface area contributed by atoms with Crippen LogP contribution in [0.4, 0.5) is 0 Å². The molecule has 0 saturated heterocycles. The van der Waals surface area contributed by atoms with Crippen molar-refractivity contribution in [3.8, 4) is 6.07 Å². The van der Waals surface area contributed by atoms with Gasteiger partial charge in [-0.25, -0.2) is 0 Å². The predicted molar refractivity (Wildman–Crippen MR) is 63.9 cm³/mol. The molecule has 0 radical (unpaired) electrons. The topological polar surface area (TPSA) is 44.0 Å². The fraction of sp³-hybridized carbons (Fsp3) is 0.500. The number of nitriles is 1. The first-order valence-corrected chi connectivity index (χ1v) is 6.62. The minimum Gasteiger partial charge on any atom is -0.386 e. The molecule has 5 heteroatoms. The summed E-state index contributed by atoms with van der Waals surface area (Å²) in [5, 5.41) is 19.2. The molecule has 0 bridgehead atoms. The summed E-state index contributed by atoms with van der Waals surface area (Å²) < 4.78 is 1.41. The molecule has 1 saturated carbocycles. The maximum absolute atomic E-state index is 10.1. The van der Waals surface area contributed by atoms with E-state index in [2.05, 4.69) is 22.0 Å². The van der Waals surface area contributed by atoms with Crippen LogP contribution in [0.5, 0.6) is 0 Å². The fourth-order valence-electron chi connectivity index (χ4n) is 1.77. The van der Waals surface area contributed by atoms with E-state index < -0.39 is 11.5 Å². The molecule has 1 N–H and O–H groups in total. The molecule has 1 fully saturated rings. The van der Waals surface area contributed by atoms with Crippen molar-refractivity contribution in [2.24, 2.45) is 5.41 Å². The lowest BCUT2D eigenvalue weighted by Crippen LogP contribution is -2.34. The molecule has 0 aliphatic heterocycles. The van der Waals surface area contributed by atoms with Gasteiger partial charge in [-0.15, -0.1) is 11.3 Å². The van der Waals surface area contributed by atoms with Crippen molar-refractivity contribution < 1.29 is 5.11 Å². The van der Waals surface area contributed by atoms with E-state index in [0.29, 0.717) is 4.34 Å². The maximum Gasteiger partial charge on any atom is 0.107 e. The Hall–Kier alpha value is -0.0800. The Morgan fingerprint density at radius 1 is 1.67 bits per heavy atom. The van der Waals surface area contributed by atoms with Crippen molar-refractivity contribution in [3.63, 3.8) is 0 Å². The zero-order valence-corrected chi connectivity index (χ0v) is 11.0. The van der Waals surface area contributed by atoms with Gasteiger partial charge in [0.05, 0.1) is 11.5 Å². The van der Waals surface area contributed by atoms with Crippen molar-refractivity contribution in [3.05, 3.63) is 19.8 Å². The zero-order chi connectivity index (χ0) is 11.1. The summed E-state index contributed by atoms with van der Waals surface area (Å²) in [5.41, 5.74) is -0.576. The summed E-state index contributed by atoms with van der Waals surface area (Å²) in [7, 11) is 0. The van der Waals surface area contributed by atoms with E-state index in [4.69, 9.17) is 16.9 Å². The second-order valence-corrected chi connectivity index (χ2v) is 6.33. The monoisotopic (exact) mass is 305 g/mol. The molecule has 1 aliphatic rings. The van der Waals surface area contributed by atoms with Crippen LogP contribution in [0, 0.1) is 16.7 Å². The molecule has 0 spiro atoms. The standard InChI is InChI=1S/C10H9BrClNOS/c11-6-4-7(15-9(6)12)8(14)10(5-13)2-1-3-10/h4,8,14H,1-3H2. The summed E-state index contributed by atoms with van der Waals surface area (Å²) in [6, 6.07) is 4.04. The van der Waals surface area contributed by atoms with E-state index in [-0.39, 0.29) is 0 Å². The summed E-state index contributed by atoms with van der Waals surface area (Å²) in [5.74, 6) is 0. The lowest BCUT2D eigenvalue weighted by Gasteiger charge is -2.38. The van der Waals surface area contributed by atoms with E-state index in [1.54, 1.807) is 6.07 Å². The lowest BCUT2D eigenvalue weighted by atomic mass is 9.66. The third-order valence-electron chi connectivity index (χ3n) is 2.93. The van der Waals surface area contributed by atoms with Gasteiger partial charge < -0.3 is 5.11 Å². The number of hydrogen-bond acceptors (Lipinski definition) is 3. The van der Waals surface area contributed by atoms with E-state index in [1.807, 2.05) is 0 Å². The molecule has 1 atom stereocenters. The van der Waals surface area contributed by atoms with Crippen LogP contribution in [0.3, 0.4) is 0 Å². The Balaban J connectivity index is 2.28. The van der Waals surface area contributed by atoms with Crippen LogP contribution < -0.4 is 0 Å². The van der Waals surface area contributed by atoms with Crippen molar-refractivity contribution in [2.45, 2.75) is 25.4 Å². The molecule has 2 rings (SSSR count). The van der Waals surface area contributed by atoms with Crippen molar-refractivity contribution in [1.29, 1.82) is 5.26 Å². The minimum absolute atomic E-state index is 0.576. The lowest BCUT2D eigenvalue weighted by molar-refractivity contribution is 0.0104. The zero-order valence-electron chi connectivity index (χ0n) is 7.83. The summed E-state index contributed by atoms with van der Waals surface area (Å²) in [4.78, 5) is 0.771. The van der Waals surface area contributed by atoms with Crippen LogP contribution in [-0.2, 0) is 0 Å². The molecule has 1 aromatic heterocycles.